The van der Waals surface area contributed by atoms with Gasteiger partial charge in [0.15, 0.2) is 0 Å². The molecular weight excluding hydrogens is 340 g/mol. The lowest BCUT2D eigenvalue weighted by Crippen LogP contribution is -2.24. The van der Waals surface area contributed by atoms with Gasteiger partial charge in [-0.3, -0.25) is 4.79 Å². The highest BCUT2D eigenvalue weighted by molar-refractivity contribution is 9.10. The minimum atomic E-state index is -0.133. The molecule has 2 aromatic carbocycles. The summed E-state index contributed by atoms with van der Waals surface area (Å²) in [5, 5.41) is 2.84. The Kier molecular flexibility index (Phi) is 4.49. The fourth-order valence-electron chi connectivity index (χ4n) is 2.26. The minimum Gasteiger partial charge on any atom is -0.309 e. The molecule has 1 aliphatic rings. The lowest BCUT2D eigenvalue weighted by atomic mass is 10.1. The van der Waals surface area contributed by atoms with E-state index < -0.39 is 0 Å². The number of nitrogens with one attached hydrogen (secondary N) is 1. The molecule has 3 nitrogen and oxygen atoms in total. The van der Waals surface area contributed by atoms with Crippen LogP contribution in [0.2, 0.25) is 0 Å². The molecule has 0 saturated carbocycles. The molecule has 0 radical (unpaired) electrons. The number of carbonyl (C=O) groups is 1. The van der Waals surface area contributed by atoms with Gasteiger partial charge in [-0.2, -0.15) is 0 Å². The monoisotopic (exact) mass is 354 g/mol. The summed E-state index contributed by atoms with van der Waals surface area (Å²) in [5.74, 6) is 0.600. The molecule has 0 aromatic heterocycles. The summed E-state index contributed by atoms with van der Waals surface area (Å²) in [6.45, 7) is 0. The number of hydrogen-bond donors (Lipinski definition) is 1. The number of nitrogens with zero attached hydrogens (tertiary/aromatic N) is 1. The minimum absolute atomic E-state index is 0.133. The van der Waals surface area contributed by atoms with Crippen LogP contribution in [0, 0.1) is 0 Å². The molecule has 0 bridgehead atoms. The van der Waals surface area contributed by atoms with Gasteiger partial charge >= 0.3 is 0 Å². The van der Waals surface area contributed by atoms with Crippen molar-refractivity contribution in [3.05, 3.63) is 75.9 Å². The van der Waals surface area contributed by atoms with Crippen molar-refractivity contribution in [3.63, 3.8) is 0 Å². The van der Waals surface area contributed by atoms with E-state index in [0.29, 0.717) is 5.70 Å². The average Bonchev–Trinajstić information content (AvgIpc) is 2.89. The summed E-state index contributed by atoms with van der Waals surface area (Å²) in [7, 11) is 0. The molecule has 1 N–H and O–H groups in total. The van der Waals surface area contributed by atoms with Gasteiger partial charge in [0.2, 0.25) is 0 Å². The fraction of sp³-hybridized carbons (Fsp3) is 0.111. The molecule has 110 valence electrons. The van der Waals surface area contributed by atoms with Gasteiger partial charge < -0.3 is 5.32 Å². The van der Waals surface area contributed by atoms with Crippen molar-refractivity contribution in [2.75, 3.05) is 0 Å². The van der Waals surface area contributed by atoms with E-state index in [9.17, 15) is 4.79 Å². The van der Waals surface area contributed by atoms with Crippen LogP contribution < -0.4 is 5.32 Å². The van der Waals surface area contributed by atoms with Crippen molar-refractivity contribution in [1.82, 2.24) is 5.32 Å². The third-order valence-corrected chi connectivity index (χ3v) is 3.94. The number of halogens is 1. The highest BCUT2D eigenvalue weighted by atomic mass is 79.9. The fourth-order valence-corrected chi connectivity index (χ4v) is 2.52. The first kappa shape index (κ1) is 14.7. The molecule has 0 unspecified atom stereocenters. The number of rotatable bonds is 4. The van der Waals surface area contributed by atoms with E-state index in [1.54, 1.807) is 6.08 Å². The molecule has 1 amide bonds. The van der Waals surface area contributed by atoms with Crippen molar-refractivity contribution in [1.29, 1.82) is 0 Å². The van der Waals surface area contributed by atoms with Gasteiger partial charge in [-0.25, -0.2) is 4.99 Å². The second-order valence-electron chi connectivity index (χ2n) is 5.08. The van der Waals surface area contributed by atoms with Crippen LogP contribution >= 0.6 is 15.9 Å². The van der Waals surface area contributed by atoms with Crippen molar-refractivity contribution >= 4 is 33.7 Å². The maximum atomic E-state index is 12.0. The number of aryl methyl sites for hydroxylation is 1. The van der Waals surface area contributed by atoms with Gasteiger partial charge in [0.25, 0.3) is 5.91 Å². The van der Waals surface area contributed by atoms with Gasteiger partial charge in [-0.15, -0.1) is 0 Å². The molecular formula is C18H15BrN2O. The molecule has 1 aliphatic heterocycles. The number of amidine groups is 1. The number of benzene rings is 2. The van der Waals surface area contributed by atoms with E-state index in [4.69, 9.17) is 0 Å². The summed E-state index contributed by atoms with van der Waals surface area (Å²) in [6, 6.07) is 18.0. The van der Waals surface area contributed by atoms with Crippen LogP contribution in [0.1, 0.15) is 17.5 Å². The second-order valence-corrected chi connectivity index (χ2v) is 6.00. The quantitative estimate of drug-likeness (QED) is 0.829. The summed E-state index contributed by atoms with van der Waals surface area (Å²) in [4.78, 5) is 16.4. The van der Waals surface area contributed by atoms with Crippen LogP contribution in [-0.4, -0.2) is 11.7 Å². The molecule has 4 heteroatoms. The Morgan fingerprint density at radius 3 is 2.45 bits per heavy atom. The topological polar surface area (TPSA) is 41.5 Å². The van der Waals surface area contributed by atoms with E-state index >= 15 is 0 Å². The Labute approximate surface area is 137 Å². The van der Waals surface area contributed by atoms with Crippen LogP contribution in [0.5, 0.6) is 0 Å². The highest BCUT2D eigenvalue weighted by Crippen LogP contribution is 2.16. The molecule has 0 fully saturated rings. The SMILES string of the molecule is O=C1NC(CCc2ccccc2)=N/C1=C/c1ccc(Br)cc1. The summed E-state index contributed by atoms with van der Waals surface area (Å²) >= 11 is 3.39. The zero-order valence-electron chi connectivity index (χ0n) is 11.9. The third-order valence-electron chi connectivity index (χ3n) is 3.41. The Balaban J connectivity index is 1.70. The zero-order valence-corrected chi connectivity index (χ0v) is 13.5. The van der Waals surface area contributed by atoms with Gasteiger partial charge in [0.05, 0.1) is 0 Å². The first-order valence-corrected chi connectivity index (χ1v) is 7.90. The largest absolute Gasteiger partial charge is 0.309 e. The Bertz CT molecular complexity index is 733. The zero-order chi connectivity index (χ0) is 15.4. The normalized spacial score (nSPS) is 15.8. The Morgan fingerprint density at radius 2 is 1.73 bits per heavy atom. The number of hydrogen-bond acceptors (Lipinski definition) is 2. The van der Waals surface area contributed by atoms with Crippen LogP contribution in [0.25, 0.3) is 6.08 Å². The van der Waals surface area contributed by atoms with Crippen LogP contribution in [0.15, 0.2) is 69.8 Å². The predicted octanol–water partition coefficient (Wildman–Crippen LogP) is 3.95. The average molecular weight is 355 g/mol. The van der Waals surface area contributed by atoms with Crippen molar-refractivity contribution in [2.24, 2.45) is 4.99 Å². The van der Waals surface area contributed by atoms with Crippen molar-refractivity contribution in [3.8, 4) is 0 Å². The summed E-state index contributed by atoms with van der Waals surface area (Å²) < 4.78 is 1.01. The number of amides is 1. The molecule has 2 aromatic rings. The Morgan fingerprint density at radius 1 is 1.00 bits per heavy atom. The third kappa shape index (κ3) is 3.71. The van der Waals surface area contributed by atoms with Crippen LogP contribution in [0.4, 0.5) is 0 Å². The van der Waals surface area contributed by atoms with Crippen LogP contribution in [0.3, 0.4) is 0 Å². The molecule has 0 spiro atoms. The lowest BCUT2D eigenvalue weighted by molar-refractivity contribution is -0.115. The second kappa shape index (κ2) is 6.71. The van der Waals surface area contributed by atoms with E-state index in [1.165, 1.54) is 5.56 Å². The smallest absolute Gasteiger partial charge is 0.275 e. The highest BCUT2D eigenvalue weighted by Gasteiger charge is 2.19. The first-order valence-electron chi connectivity index (χ1n) is 7.11. The lowest BCUT2D eigenvalue weighted by Gasteiger charge is -2.00. The maximum absolute atomic E-state index is 12.0. The number of aliphatic imine (C=N–C) groups is 1. The van der Waals surface area contributed by atoms with Gasteiger partial charge in [0, 0.05) is 10.9 Å². The number of carbonyl (C=O) groups excluding carboxylic acids is 1. The van der Waals surface area contributed by atoms with E-state index in [2.05, 4.69) is 38.4 Å². The van der Waals surface area contributed by atoms with E-state index in [-0.39, 0.29) is 5.91 Å². The molecule has 0 saturated heterocycles. The molecule has 0 atom stereocenters. The van der Waals surface area contributed by atoms with Crippen molar-refractivity contribution < 1.29 is 4.79 Å². The predicted molar refractivity (Wildman–Crippen MR) is 92.5 cm³/mol. The van der Waals surface area contributed by atoms with E-state index in [0.717, 1.165) is 28.7 Å². The molecule has 0 aliphatic carbocycles. The molecule has 22 heavy (non-hydrogen) atoms. The Hall–Kier alpha value is -2.20. The van der Waals surface area contributed by atoms with Crippen molar-refractivity contribution in [2.45, 2.75) is 12.8 Å². The van der Waals surface area contributed by atoms with E-state index in [1.807, 2.05) is 42.5 Å². The summed E-state index contributed by atoms with van der Waals surface area (Å²) in [6.07, 6.45) is 3.40. The molecule has 1 heterocycles. The first-order chi connectivity index (χ1) is 10.7. The van der Waals surface area contributed by atoms with Gasteiger partial charge in [-0.1, -0.05) is 58.4 Å². The maximum Gasteiger partial charge on any atom is 0.275 e. The molecule has 3 rings (SSSR count). The van der Waals surface area contributed by atoms with Crippen LogP contribution in [-0.2, 0) is 11.2 Å². The van der Waals surface area contributed by atoms with Gasteiger partial charge in [-0.05, 0) is 35.8 Å². The van der Waals surface area contributed by atoms with Gasteiger partial charge in [0.1, 0.15) is 11.5 Å². The standard InChI is InChI=1S/C18H15BrN2O/c19-15-9-6-14(7-10-15)12-16-18(22)21-17(20-16)11-8-13-4-2-1-3-5-13/h1-7,9-10,12H,8,11H2,(H,20,21,22)/b16-12+. The summed E-state index contributed by atoms with van der Waals surface area (Å²) in [5.41, 5.74) is 2.66.